The van der Waals surface area contributed by atoms with Crippen molar-refractivity contribution in [1.29, 1.82) is 0 Å². The summed E-state index contributed by atoms with van der Waals surface area (Å²) >= 11 is 6.65. The summed E-state index contributed by atoms with van der Waals surface area (Å²) < 4.78 is 84.2. The van der Waals surface area contributed by atoms with Gasteiger partial charge in [-0.2, -0.15) is 0 Å². The van der Waals surface area contributed by atoms with E-state index in [0.717, 1.165) is 60.3 Å². The number of benzene rings is 3. The van der Waals surface area contributed by atoms with Crippen LogP contribution in [0.25, 0.3) is 0 Å². The van der Waals surface area contributed by atoms with E-state index < -0.39 is 44.5 Å². The van der Waals surface area contributed by atoms with Crippen molar-refractivity contribution in [3.05, 3.63) is 101 Å². The molecule has 3 aromatic carbocycles. The average molecular weight is 746 g/mol. The van der Waals surface area contributed by atoms with E-state index in [-0.39, 0.29) is 10.7 Å². The third-order valence-electron chi connectivity index (χ3n) is 9.73. The SMILES string of the molecule is COc1ccc(CN2CCN(C)CC2)cc1C1(N2CCCC2c2ncco2)C(=O)N(S(=O)(=O)c2ccc(OC(F)(F)F)cc2)c2ccc(Cl)cc21. The molecule has 0 aliphatic carbocycles. The summed E-state index contributed by atoms with van der Waals surface area (Å²) in [6.45, 7) is 4.43. The minimum atomic E-state index is -4.98. The number of halogens is 4. The predicted molar refractivity (Wildman–Crippen MR) is 181 cm³/mol. The van der Waals surface area contributed by atoms with Crippen molar-refractivity contribution in [2.75, 3.05) is 51.2 Å². The van der Waals surface area contributed by atoms with Crippen LogP contribution >= 0.6 is 11.6 Å². The van der Waals surface area contributed by atoms with Gasteiger partial charge in [0.1, 0.15) is 17.8 Å². The van der Waals surface area contributed by atoms with Crippen LogP contribution in [0.2, 0.25) is 5.02 Å². The second kappa shape index (κ2) is 13.4. The number of ether oxygens (including phenoxy) is 2. The molecule has 2 saturated heterocycles. The Labute approximate surface area is 298 Å². The Balaban J connectivity index is 1.43. The Morgan fingerprint density at radius 1 is 1.00 bits per heavy atom. The van der Waals surface area contributed by atoms with Crippen LogP contribution in [-0.4, -0.2) is 87.3 Å². The molecule has 2 fully saturated rings. The second-order valence-corrected chi connectivity index (χ2v) is 15.0. The van der Waals surface area contributed by atoms with Crippen molar-refractivity contribution < 1.29 is 40.3 Å². The van der Waals surface area contributed by atoms with Crippen LogP contribution in [0.5, 0.6) is 11.5 Å². The molecular formula is C35H35ClF3N5O6S. The third-order valence-corrected chi connectivity index (χ3v) is 11.7. The summed E-state index contributed by atoms with van der Waals surface area (Å²) in [4.78, 5) is 26.0. The normalized spacial score (nSPS) is 22.0. The molecule has 11 nitrogen and oxygen atoms in total. The number of hydrogen-bond acceptors (Lipinski definition) is 10. The highest BCUT2D eigenvalue weighted by atomic mass is 35.5. The molecule has 3 aliphatic heterocycles. The van der Waals surface area contributed by atoms with E-state index in [1.807, 2.05) is 17.0 Å². The Morgan fingerprint density at radius 2 is 1.75 bits per heavy atom. The summed E-state index contributed by atoms with van der Waals surface area (Å²) in [7, 11) is -1.17. The fourth-order valence-electron chi connectivity index (χ4n) is 7.42. The maximum Gasteiger partial charge on any atom is 0.573 e. The van der Waals surface area contributed by atoms with Crippen molar-refractivity contribution in [3.8, 4) is 11.5 Å². The molecule has 7 rings (SSSR count). The van der Waals surface area contributed by atoms with E-state index in [9.17, 15) is 21.6 Å². The molecule has 4 heterocycles. The molecule has 0 spiro atoms. The fourth-order valence-corrected chi connectivity index (χ4v) is 9.05. The van der Waals surface area contributed by atoms with Crippen LogP contribution in [0.15, 0.2) is 82.4 Å². The van der Waals surface area contributed by atoms with E-state index in [1.54, 1.807) is 12.1 Å². The highest BCUT2D eigenvalue weighted by molar-refractivity contribution is 7.93. The van der Waals surface area contributed by atoms with Gasteiger partial charge in [0, 0.05) is 55.4 Å². The van der Waals surface area contributed by atoms with Crippen LogP contribution < -0.4 is 13.8 Å². The van der Waals surface area contributed by atoms with Crippen LogP contribution in [0, 0.1) is 0 Å². The van der Waals surface area contributed by atoms with Crippen LogP contribution in [-0.2, 0) is 26.9 Å². The van der Waals surface area contributed by atoms with Gasteiger partial charge in [-0.3, -0.25) is 14.6 Å². The lowest BCUT2D eigenvalue weighted by Gasteiger charge is -2.41. The van der Waals surface area contributed by atoms with Gasteiger partial charge in [0.15, 0.2) is 5.54 Å². The average Bonchev–Trinajstić information content (AvgIpc) is 3.84. The maximum absolute atomic E-state index is 15.5. The van der Waals surface area contributed by atoms with Crippen molar-refractivity contribution in [2.45, 2.75) is 42.2 Å². The van der Waals surface area contributed by atoms with E-state index in [4.69, 9.17) is 20.8 Å². The molecule has 1 amide bonds. The molecule has 0 N–H and O–H groups in total. The topological polar surface area (TPSA) is 109 Å². The first-order chi connectivity index (χ1) is 24.3. The predicted octanol–water partition coefficient (Wildman–Crippen LogP) is 5.80. The van der Waals surface area contributed by atoms with Gasteiger partial charge in [-0.25, -0.2) is 17.7 Å². The minimum Gasteiger partial charge on any atom is -0.496 e. The number of rotatable bonds is 9. The number of aromatic nitrogens is 1. The number of fused-ring (bicyclic) bond motifs is 1. The van der Waals surface area contributed by atoms with Crippen LogP contribution in [0.1, 0.15) is 41.5 Å². The number of sulfonamides is 1. The van der Waals surface area contributed by atoms with E-state index in [1.165, 1.54) is 31.7 Å². The molecule has 51 heavy (non-hydrogen) atoms. The smallest absolute Gasteiger partial charge is 0.496 e. The van der Waals surface area contributed by atoms with Crippen molar-refractivity contribution in [2.24, 2.45) is 0 Å². The molecule has 2 atom stereocenters. The van der Waals surface area contributed by atoms with Crippen molar-refractivity contribution in [3.63, 3.8) is 0 Å². The van der Waals surface area contributed by atoms with Gasteiger partial charge in [-0.15, -0.1) is 13.2 Å². The highest BCUT2D eigenvalue weighted by Gasteiger charge is 2.63. The number of nitrogens with zero attached hydrogens (tertiary/aromatic N) is 5. The Hall–Kier alpha value is -4.15. The van der Waals surface area contributed by atoms with Gasteiger partial charge < -0.3 is 18.8 Å². The fraction of sp³-hybridized carbons (Fsp3) is 0.371. The molecule has 4 aromatic rings. The number of anilines is 1. The lowest BCUT2D eigenvalue weighted by molar-refractivity contribution is -0.274. The number of hydrogen-bond donors (Lipinski definition) is 0. The maximum atomic E-state index is 15.5. The van der Waals surface area contributed by atoms with Crippen LogP contribution in [0.4, 0.5) is 18.9 Å². The number of piperazine rings is 1. The monoisotopic (exact) mass is 745 g/mol. The number of likely N-dealkylation sites (N-methyl/N-ethyl adjacent to an activating group) is 1. The summed E-state index contributed by atoms with van der Waals surface area (Å²) in [6, 6.07) is 13.3. The second-order valence-electron chi connectivity index (χ2n) is 12.8. The first-order valence-electron chi connectivity index (χ1n) is 16.3. The van der Waals surface area contributed by atoms with Gasteiger partial charge in [0.05, 0.1) is 29.9 Å². The van der Waals surface area contributed by atoms with E-state index in [2.05, 4.69) is 26.6 Å². The molecule has 270 valence electrons. The van der Waals surface area contributed by atoms with E-state index >= 15 is 4.79 Å². The quantitative estimate of drug-likeness (QED) is 0.209. The largest absolute Gasteiger partial charge is 0.573 e. The van der Waals surface area contributed by atoms with Crippen LogP contribution in [0.3, 0.4) is 0 Å². The minimum absolute atomic E-state index is 0.0459. The Kier molecular flexibility index (Phi) is 9.29. The molecule has 0 bridgehead atoms. The number of carbonyl (C=O) groups excluding carboxylic acids is 1. The molecule has 2 unspecified atom stereocenters. The molecule has 1 aromatic heterocycles. The number of oxazole rings is 1. The molecule has 0 radical (unpaired) electrons. The lowest BCUT2D eigenvalue weighted by atomic mass is 9.80. The third kappa shape index (κ3) is 6.35. The zero-order valence-electron chi connectivity index (χ0n) is 27.8. The van der Waals surface area contributed by atoms with Gasteiger partial charge in [0.2, 0.25) is 5.89 Å². The number of likely N-dealkylation sites (tertiary alicyclic amines) is 1. The number of alkyl halides is 3. The molecule has 3 aliphatic rings. The number of amides is 1. The summed E-state index contributed by atoms with van der Waals surface area (Å²) in [6.07, 6.45) is -0.826. The highest BCUT2D eigenvalue weighted by Crippen LogP contribution is 2.57. The molecule has 0 saturated carbocycles. The van der Waals surface area contributed by atoms with Crippen molar-refractivity contribution >= 4 is 33.2 Å². The van der Waals surface area contributed by atoms with Gasteiger partial charge in [-0.05, 0) is 80.1 Å². The number of carbonyl (C=O) groups is 1. The molecular weight excluding hydrogens is 711 g/mol. The van der Waals surface area contributed by atoms with E-state index in [0.29, 0.717) is 48.7 Å². The number of methoxy groups -OCH3 is 1. The lowest BCUT2D eigenvalue weighted by Crippen LogP contribution is -2.54. The first kappa shape index (κ1) is 35.3. The Morgan fingerprint density at radius 3 is 2.41 bits per heavy atom. The van der Waals surface area contributed by atoms with Crippen molar-refractivity contribution in [1.82, 2.24) is 19.7 Å². The van der Waals surface area contributed by atoms with Gasteiger partial charge >= 0.3 is 6.36 Å². The standard InChI is InChI=1S/C35H35ClF3N5O6S/c1-41-15-17-42(18-16-41)22-23-5-12-31(48-2)28(20-23)34(43-14-3-4-30(43)32-40-13-19-49-32)27-21-24(36)6-11-29(27)44(33(34)45)51(46,47)26-9-7-25(8-10-26)50-35(37,38)39/h5-13,19-21,30H,3-4,14-18,22H2,1-2H3. The summed E-state index contributed by atoms with van der Waals surface area (Å²) in [5.74, 6) is -0.730. The Bertz CT molecular complexity index is 2020. The zero-order chi connectivity index (χ0) is 36.1. The summed E-state index contributed by atoms with van der Waals surface area (Å²) in [5, 5.41) is 0.262. The van der Waals surface area contributed by atoms with Gasteiger partial charge in [0.25, 0.3) is 15.9 Å². The first-order valence-corrected chi connectivity index (χ1v) is 18.1. The zero-order valence-corrected chi connectivity index (χ0v) is 29.3. The van der Waals surface area contributed by atoms with Gasteiger partial charge in [-0.1, -0.05) is 17.7 Å². The summed E-state index contributed by atoms with van der Waals surface area (Å²) in [5.41, 5.74) is -0.167. The molecule has 16 heteroatoms.